The van der Waals surface area contributed by atoms with Crippen LogP contribution in [-0.4, -0.2) is 50.3 Å². The van der Waals surface area contributed by atoms with Crippen molar-refractivity contribution in [2.24, 2.45) is 0 Å². The number of hydrogen-bond donors (Lipinski definition) is 1. The van der Waals surface area contributed by atoms with Crippen LogP contribution in [0.25, 0.3) is 0 Å². The molecule has 1 N–H and O–H groups in total. The van der Waals surface area contributed by atoms with Gasteiger partial charge in [-0.05, 0) is 18.2 Å². The molecular weight excluding hydrogens is 304 g/mol. The second kappa shape index (κ2) is 6.80. The third-order valence-electron chi connectivity index (χ3n) is 3.15. The summed E-state index contributed by atoms with van der Waals surface area (Å²) < 4.78 is 32.6. The Kier molecular flexibility index (Phi) is 5.04. The standard InChI is InChI=1S/C14H20N4O3S/c1-17(2)22(19,20)14-6-5-12(11-13(14)21-3)15-8-10-18-9-4-7-16-18/h4-7,9,11,15H,8,10H2,1-3H3. The van der Waals surface area contributed by atoms with E-state index < -0.39 is 10.0 Å². The lowest BCUT2D eigenvalue weighted by atomic mass is 10.3. The van der Waals surface area contributed by atoms with Gasteiger partial charge < -0.3 is 10.1 Å². The van der Waals surface area contributed by atoms with Gasteiger partial charge in [0.1, 0.15) is 10.6 Å². The average Bonchev–Trinajstić information content (AvgIpc) is 3.00. The average molecular weight is 324 g/mol. The maximum atomic E-state index is 12.2. The van der Waals surface area contributed by atoms with Crippen molar-refractivity contribution in [2.75, 3.05) is 33.1 Å². The minimum Gasteiger partial charge on any atom is -0.495 e. The summed E-state index contributed by atoms with van der Waals surface area (Å²) in [5.41, 5.74) is 0.793. The molecule has 0 bridgehead atoms. The van der Waals surface area contributed by atoms with Crippen LogP contribution in [0.1, 0.15) is 0 Å². The molecule has 7 nitrogen and oxygen atoms in total. The Morgan fingerprint density at radius 3 is 2.73 bits per heavy atom. The zero-order valence-electron chi connectivity index (χ0n) is 12.9. The van der Waals surface area contributed by atoms with E-state index >= 15 is 0 Å². The van der Waals surface area contributed by atoms with Crippen molar-refractivity contribution in [3.8, 4) is 5.75 Å². The molecule has 0 saturated carbocycles. The molecule has 0 amide bonds. The molecule has 1 heterocycles. The van der Waals surface area contributed by atoms with Gasteiger partial charge in [0.05, 0.1) is 13.7 Å². The van der Waals surface area contributed by atoms with Crippen molar-refractivity contribution >= 4 is 15.7 Å². The van der Waals surface area contributed by atoms with E-state index in [1.54, 1.807) is 24.4 Å². The van der Waals surface area contributed by atoms with Gasteiger partial charge in [-0.15, -0.1) is 0 Å². The van der Waals surface area contributed by atoms with E-state index in [4.69, 9.17) is 4.74 Å². The topological polar surface area (TPSA) is 76.5 Å². The molecule has 0 unspecified atom stereocenters. The van der Waals surface area contributed by atoms with Crippen molar-refractivity contribution in [1.82, 2.24) is 14.1 Å². The van der Waals surface area contributed by atoms with Crippen molar-refractivity contribution in [1.29, 1.82) is 0 Å². The zero-order valence-corrected chi connectivity index (χ0v) is 13.7. The van der Waals surface area contributed by atoms with Gasteiger partial charge in [-0.1, -0.05) is 0 Å². The van der Waals surface area contributed by atoms with E-state index in [9.17, 15) is 8.42 Å². The minimum atomic E-state index is -3.53. The second-order valence-corrected chi connectivity index (χ2v) is 6.97. The summed E-state index contributed by atoms with van der Waals surface area (Å²) >= 11 is 0. The number of nitrogens with zero attached hydrogens (tertiary/aromatic N) is 3. The first kappa shape index (κ1) is 16.3. The Bertz CT molecular complexity index is 712. The third-order valence-corrected chi connectivity index (χ3v) is 5.01. The molecular formula is C14H20N4O3S. The van der Waals surface area contributed by atoms with Crippen LogP contribution in [0.2, 0.25) is 0 Å². The number of hydrogen-bond acceptors (Lipinski definition) is 5. The highest BCUT2D eigenvalue weighted by atomic mass is 32.2. The lowest BCUT2D eigenvalue weighted by Gasteiger charge is -2.16. The smallest absolute Gasteiger partial charge is 0.246 e. The van der Waals surface area contributed by atoms with E-state index in [0.717, 1.165) is 9.99 Å². The largest absolute Gasteiger partial charge is 0.495 e. The molecule has 8 heteroatoms. The number of anilines is 1. The molecule has 0 fully saturated rings. The Hall–Kier alpha value is -2.06. The van der Waals surface area contributed by atoms with Crippen molar-refractivity contribution in [2.45, 2.75) is 11.4 Å². The first-order valence-electron chi connectivity index (χ1n) is 6.77. The Balaban J connectivity index is 2.12. The summed E-state index contributed by atoms with van der Waals surface area (Å²) in [7, 11) is 0.912. The molecule has 0 radical (unpaired) electrons. The number of rotatable bonds is 7. The molecule has 120 valence electrons. The predicted octanol–water partition coefficient (Wildman–Crippen LogP) is 1.25. The SMILES string of the molecule is COc1cc(NCCn2cccn2)ccc1S(=O)(=O)N(C)C. The summed E-state index contributed by atoms with van der Waals surface area (Å²) in [6.07, 6.45) is 3.61. The van der Waals surface area contributed by atoms with Gasteiger partial charge in [-0.25, -0.2) is 12.7 Å². The van der Waals surface area contributed by atoms with Crippen LogP contribution in [0.5, 0.6) is 5.75 Å². The summed E-state index contributed by atoms with van der Waals surface area (Å²) in [6.45, 7) is 1.39. The van der Waals surface area contributed by atoms with Gasteiger partial charge in [0.2, 0.25) is 10.0 Å². The molecule has 0 spiro atoms. The number of ether oxygens (including phenoxy) is 1. The van der Waals surface area contributed by atoms with E-state index in [1.807, 2.05) is 16.9 Å². The van der Waals surface area contributed by atoms with E-state index in [0.29, 0.717) is 18.8 Å². The molecule has 0 aliphatic heterocycles. The van der Waals surface area contributed by atoms with Crippen LogP contribution in [0.15, 0.2) is 41.6 Å². The van der Waals surface area contributed by atoms with Gasteiger partial charge in [-0.3, -0.25) is 4.68 Å². The molecule has 0 atom stereocenters. The summed E-state index contributed by atoms with van der Waals surface area (Å²) in [4.78, 5) is 0.151. The Morgan fingerprint density at radius 2 is 2.14 bits per heavy atom. The monoisotopic (exact) mass is 324 g/mol. The fourth-order valence-corrected chi connectivity index (χ4v) is 2.96. The summed E-state index contributed by atoms with van der Waals surface area (Å²) in [5, 5.41) is 7.33. The third kappa shape index (κ3) is 3.58. The Labute approximate surface area is 130 Å². The van der Waals surface area contributed by atoms with Crippen LogP contribution in [0.4, 0.5) is 5.69 Å². The van der Waals surface area contributed by atoms with Crippen molar-refractivity contribution in [3.63, 3.8) is 0 Å². The van der Waals surface area contributed by atoms with Crippen LogP contribution < -0.4 is 10.1 Å². The maximum absolute atomic E-state index is 12.2. The van der Waals surface area contributed by atoms with E-state index in [1.165, 1.54) is 21.2 Å². The first-order valence-corrected chi connectivity index (χ1v) is 8.21. The highest BCUT2D eigenvalue weighted by molar-refractivity contribution is 7.89. The molecule has 0 aliphatic carbocycles. The highest BCUT2D eigenvalue weighted by Gasteiger charge is 2.22. The van der Waals surface area contributed by atoms with Crippen molar-refractivity contribution in [3.05, 3.63) is 36.7 Å². The summed E-state index contributed by atoms with van der Waals surface area (Å²) in [6, 6.07) is 6.82. The molecule has 1 aromatic carbocycles. The maximum Gasteiger partial charge on any atom is 0.246 e. The number of aromatic nitrogens is 2. The van der Waals surface area contributed by atoms with Gasteiger partial charge >= 0.3 is 0 Å². The molecule has 2 rings (SSSR count). The number of methoxy groups -OCH3 is 1. The normalized spacial score (nSPS) is 11.6. The fraction of sp³-hybridized carbons (Fsp3) is 0.357. The van der Waals surface area contributed by atoms with Gasteiger partial charge in [0.25, 0.3) is 0 Å². The molecule has 1 aromatic heterocycles. The second-order valence-electron chi connectivity index (χ2n) is 4.85. The van der Waals surface area contributed by atoms with Crippen LogP contribution in [0.3, 0.4) is 0 Å². The lowest BCUT2D eigenvalue weighted by Crippen LogP contribution is -2.22. The van der Waals surface area contributed by atoms with Gasteiger partial charge in [-0.2, -0.15) is 5.10 Å². The van der Waals surface area contributed by atoms with Gasteiger partial charge in [0, 0.05) is 44.8 Å². The lowest BCUT2D eigenvalue weighted by molar-refractivity contribution is 0.400. The minimum absolute atomic E-state index is 0.151. The molecule has 0 saturated heterocycles. The van der Waals surface area contributed by atoms with E-state index in [2.05, 4.69) is 10.4 Å². The predicted molar refractivity (Wildman–Crippen MR) is 84.6 cm³/mol. The van der Waals surface area contributed by atoms with Crippen LogP contribution in [-0.2, 0) is 16.6 Å². The van der Waals surface area contributed by atoms with E-state index in [-0.39, 0.29) is 4.90 Å². The Morgan fingerprint density at radius 1 is 1.36 bits per heavy atom. The molecule has 0 aliphatic rings. The van der Waals surface area contributed by atoms with Crippen LogP contribution >= 0.6 is 0 Å². The summed E-state index contributed by atoms with van der Waals surface area (Å²) in [5.74, 6) is 0.317. The van der Waals surface area contributed by atoms with Crippen LogP contribution in [0, 0.1) is 0 Å². The highest BCUT2D eigenvalue weighted by Crippen LogP contribution is 2.28. The molecule has 22 heavy (non-hydrogen) atoms. The van der Waals surface area contributed by atoms with Crippen molar-refractivity contribution < 1.29 is 13.2 Å². The zero-order chi connectivity index (χ0) is 16.2. The fourth-order valence-electron chi connectivity index (χ4n) is 1.93. The first-order chi connectivity index (χ1) is 10.4. The molecule has 2 aromatic rings. The number of nitrogens with one attached hydrogen (secondary N) is 1. The quantitative estimate of drug-likeness (QED) is 0.829. The van der Waals surface area contributed by atoms with Gasteiger partial charge in [0.15, 0.2) is 0 Å². The number of sulfonamides is 1. The number of benzene rings is 1.